The minimum Gasteiger partial charge on any atom is -0.550 e. The molecule has 0 rings (SSSR count). The van der Waals surface area contributed by atoms with Crippen molar-refractivity contribution in [3.63, 3.8) is 0 Å². The van der Waals surface area contributed by atoms with Gasteiger partial charge in [-0.1, -0.05) is 0 Å². The van der Waals surface area contributed by atoms with E-state index in [1.165, 1.54) is 0 Å². The molecule has 0 saturated carbocycles. The second kappa shape index (κ2) is 10.8. The first kappa shape index (κ1) is 23.0. The van der Waals surface area contributed by atoms with Crippen LogP contribution in [0.3, 0.4) is 0 Å². The van der Waals surface area contributed by atoms with Crippen LogP contribution in [0.1, 0.15) is 12.8 Å². The Kier molecular flexibility index (Phi) is 13.0. The SMILES string of the molecule is O=C([O-])CC(NC(CC(=O)[O-])C(=O)[O-])C(=O)[O-].[Mn+2].[Mn+2]. The van der Waals surface area contributed by atoms with Crippen LogP contribution in [0.25, 0.3) is 0 Å². The van der Waals surface area contributed by atoms with Gasteiger partial charge in [-0.2, -0.15) is 0 Å². The second-order valence-corrected chi connectivity index (χ2v) is 3.06. The van der Waals surface area contributed by atoms with Crippen LogP contribution in [0.4, 0.5) is 0 Å². The maximum absolute atomic E-state index is 10.4. The zero-order valence-corrected chi connectivity index (χ0v) is 11.5. The maximum atomic E-state index is 10.4. The molecular formula is C8H7Mn2NO8. The summed E-state index contributed by atoms with van der Waals surface area (Å²) in [7, 11) is 0. The first-order valence-electron chi connectivity index (χ1n) is 4.31. The molecule has 11 heteroatoms. The third kappa shape index (κ3) is 10.5. The Labute approximate surface area is 128 Å². The number of rotatable bonds is 8. The van der Waals surface area contributed by atoms with Gasteiger partial charge in [0.25, 0.3) is 0 Å². The number of carbonyl (C=O) groups excluding carboxylic acids is 4. The summed E-state index contributed by atoms with van der Waals surface area (Å²) >= 11 is 0. The van der Waals surface area contributed by atoms with E-state index in [-0.39, 0.29) is 34.1 Å². The fourth-order valence-corrected chi connectivity index (χ4v) is 0.997. The molecular weight excluding hydrogens is 348 g/mol. The summed E-state index contributed by atoms with van der Waals surface area (Å²) in [5.74, 6) is -7.34. The normalized spacial score (nSPS) is 12.2. The zero-order valence-electron chi connectivity index (χ0n) is 9.09. The van der Waals surface area contributed by atoms with Crippen molar-refractivity contribution in [3.8, 4) is 0 Å². The van der Waals surface area contributed by atoms with E-state index in [1.807, 2.05) is 0 Å². The van der Waals surface area contributed by atoms with Crippen LogP contribution in [0.5, 0.6) is 0 Å². The van der Waals surface area contributed by atoms with Crippen LogP contribution < -0.4 is 25.7 Å². The van der Waals surface area contributed by atoms with Crippen molar-refractivity contribution in [2.45, 2.75) is 24.9 Å². The Bertz CT molecular complexity index is 316. The van der Waals surface area contributed by atoms with Gasteiger partial charge < -0.3 is 44.9 Å². The van der Waals surface area contributed by atoms with Crippen LogP contribution in [-0.4, -0.2) is 36.0 Å². The summed E-state index contributed by atoms with van der Waals surface area (Å²) in [6.07, 6.45) is -2.14. The minimum atomic E-state index is -1.90. The summed E-state index contributed by atoms with van der Waals surface area (Å²) in [5.41, 5.74) is 0. The van der Waals surface area contributed by atoms with Crippen LogP contribution in [0, 0.1) is 0 Å². The number of carbonyl (C=O) groups is 4. The smallest absolute Gasteiger partial charge is 0.550 e. The molecule has 2 atom stereocenters. The van der Waals surface area contributed by atoms with E-state index >= 15 is 0 Å². The van der Waals surface area contributed by atoms with Gasteiger partial charge in [0.15, 0.2) is 0 Å². The standard InChI is InChI=1S/C8H11NO8.2Mn/c10-5(11)1-3(7(14)15)9-4(8(16)17)2-6(12)13;;/h3-4,9H,1-2H2,(H,10,11)(H,12,13)(H,14,15)(H,16,17);;/q;2*+2/p-4. The first-order valence-corrected chi connectivity index (χ1v) is 4.31. The van der Waals surface area contributed by atoms with E-state index in [0.29, 0.717) is 0 Å². The summed E-state index contributed by atoms with van der Waals surface area (Å²) in [4.78, 5) is 41.2. The minimum absolute atomic E-state index is 0. The maximum Gasteiger partial charge on any atom is 2.00 e. The van der Waals surface area contributed by atoms with Crippen molar-refractivity contribution in [2.24, 2.45) is 0 Å². The van der Waals surface area contributed by atoms with Gasteiger partial charge >= 0.3 is 34.1 Å². The Hall–Kier alpha value is -1.12. The van der Waals surface area contributed by atoms with Crippen LogP contribution in [-0.2, 0) is 53.3 Å². The molecule has 0 aromatic heterocycles. The molecule has 0 fully saturated rings. The molecule has 2 radical (unpaired) electrons. The number of nitrogens with one attached hydrogen (secondary N) is 1. The number of hydrogen-bond donors (Lipinski definition) is 1. The molecule has 19 heavy (non-hydrogen) atoms. The van der Waals surface area contributed by atoms with Gasteiger partial charge in [0.05, 0.1) is 24.0 Å². The molecule has 2 unspecified atom stereocenters. The fourth-order valence-electron chi connectivity index (χ4n) is 0.997. The molecule has 0 aromatic rings. The third-order valence-electron chi connectivity index (χ3n) is 1.71. The van der Waals surface area contributed by atoms with Crippen molar-refractivity contribution in [1.82, 2.24) is 5.32 Å². The summed E-state index contributed by atoms with van der Waals surface area (Å²) < 4.78 is 0. The van der Waals surface area contributed by atoms with Crippen molar-refractivity contribution < 1.29 is 73.7 Å². The summed E-state index contributed by atoms with van der Waals surface area (Å²) in [6, 6.07) is -3.80. The molecule has 0 heterocycles. The molecule has 0 bridgehead atoms. The fraction of sp³-hybridized carbons (Fsp3) is 0.500. The van der Waals surface area contributed by atoms with Gasteiger partial charge in [0, 0.05) is 24.8 Å². The van der Waals surface area contributed by atoms with Gasteiger partial charge in [-0.3, -0.25) is 0 Å². The van der Waals surface area contributed by atoms with Crippen LogP contribution in [0.15, 0.2) is 0 Å². The van der Waals surface area contributed by atoms with Crippen LogP contribution >= 0.6 is 0 Å². The quantitative estimate of drug-likeness (QED) is 0.415. The first-order chi connectivity index (χ1) is 7.73. The monoisotopic (exact) mass is 355 g/mol. The van der Waals surface area contributed by atoms with Crippen LogP contribution in [0.2, 0.25) is 0 Å². The predicted octanol–water partition coefficient (Wildman–Crippen LogP) is -6.91. The third-order valence-corrected chi connectivity index (χ3v) is 1.71. The Morgan fingerprint density at radius 3 is 1.16 bits per heavy atom. The number of aliphatic carboxylic acids is 4. The number of carboxylic acids is 4. The number of hydrogen-bond acceptors (Lipinski definition) is 9. The van der Waals surface area contributed by atoms with Crippen molar-refractivity contribution in [3.05, 3.63) is 0 Å². The van der Waals surface area contributed by atoms with Crippen molar-refractivity contribution >= 4 is 23.9 Å². The molecule has 106 valence electrons. The van der Waals surface area contributed by atoms with E-state index in [1.54, 1.807) is 5.32 Å². The van der Waals surface area contributed by atoms with Crippen molar-refractivity contribution in [1.29, 1.82) is 0 Å². The molecule has 9 nitrogen and oxygen atoms in total. The topological polar surface area (TPSA) is 173 Å². The predicted molar refractivity (Wildman–Crippen MR) is 40.0 cm³/mol. The Morgan fingerprint density at radius 2 is 1.00 bits per heavy atom. The summed E-state index contributed by atoms with van der Waals surface area (Å²) in [6.45, 7) is 0. The molecule has 0 amide bonds. The molecule has 0 aliphatic rings. The van der Waals surface area contributed by atoms with Gasteiger partial charge in [-0.15, -0.1) is 0 Å². The average Bonchev–Trinajstić information content (AvgIpc) is 2.13. The summed E-state index contributed by atoms with van der Waals surface area (Å²) in [5, 5.41) is 42.9. The Morgan fingerprint density at radius 1 is 0.737 bits per heavy atom. The molecule has 0 spiro atoms. The van der Waals surface area contributed by atoms with E-state index in [2.05, 4.69) is 0 Å². The van der Waals surface area contributed by atoms with Gasteiger partial charge in [-0.05, 0) is 0 Å². The average molecular weight is 355 g/mol. The number of carboxylic acid groups (broad SMARTS) is 4. The van der Waals surface area contributed by atoms with E-state index in [0.717, 1.165) is 0 Å². The van der Waals surface area contributed by atoms with Crippen molar-refractivity contribution in [2.75, 3.05) is 0 Å². The molecule has 1 N–H and O–H groups in total. The zero-order chi connectivity index (χ0) is 13.6. The molecule has 0 aliphatic carbocycles. The van der Waals surface area contributed by atoms with Gasteiger partial charge in [0.1, 0.15) is 0 Å². The molecule has 0 aromatic carbocycles. The van der Waals surface area contributed by atoms with Gasteiger partial charge in [-0.25, -0.2) is 0 Å². The second-order valence-electron chi connectivity index (χ2n) is 3.06. The van der Waals surface area contributed by atoms with Gasteiger partial charge in [0.2, 0.25) is 0 Å². The van der Waals surface area contributed by atoms with E-state index in [4.69, 9.17) is 0 Å². The Balaban J connectivity index is -0.00000128. The van der Waals surface area contributed by atoms with E-state index in [9.17, 15) is 39.6 Å². The largest absolute Gasteiger partial charge is 2.00 e. The molecule has 0 saturated heterocycles. The van der Waals surface area contributed by atoms with E-state index < -0.39 is 48.8 Å². The molecule has 0 aliphatic heterocycles.